The summed E-state index contributed by atoms with van der Waals surface area (Å²) in [7, 11) is 0. The van der Waals surface area contributed by atoms with Crippen molar-refractivity contribution in [2.45, 2.75) is 6.92 Å². The highest BCUT2D eigenvalue weighted by molar-refractivity contribution is 14.1. The van der Waals surface area contributed by atoms with Gasteiger partial charge in [0, 0.05) is 13.6 Å². The Kier molecular flexibility index (Phi) is 8.45. The number of carbonyl (C=O) groups is 2. The van der Waals surface area contributed by atoms with E-state index >= 15 is 0 Å². The normalized spacial score (nSPS) is 10.1. The molecule has 0 atom stereocenters. The quantitative estimate of drug-likeness (QED) is 0.273. The fourth-order valence-corrected chi connectivity index (χ4v) is 3.66. The van der Waals surface area contributed by atoms with Crippen molar-refractivity contribution in [2.24, 2.45) is 0 Å². The van der Waals surface area contributed by atoms with Crippen LogP contribution in [0.3, 0.4) is 0 Å². The van der Waals surface area contributed by atoms with E-state index in [0.717, 1.165) is 13.6 Å². The molecular formula is C17H14Br2IN3O3S. The molecule has 6 nitrogen and oxygen atoms in total. The van der Waals surface area contributed by atoms with Crippen LogP contribution in [-0.4, -0.2) is 23.5 Å². The molecule has 27 heavy (non-hydrogen) atoms. The zero-order valence-electron chi connectivity index (χ0n) is 13.9. The number of ether oxygens (including phenoxy) is 1. The fraction of sp³-hybridized carbons (Fsp3) is 0.118. The lowest BCUT2D eigenvalue weighted by molar-refractivity contribution is -0.123. The largest absolute Gasteiger partial charge is 0.483 e. The number of nitrogens with one attached hydrogen (secondary N) is 3. The summed E-state index contributed by atoms with van der Waals surface area (Å²) in [6.07, 6.45) is 0. The van der Waals surface area contributed by atoms with Crippen molar-refractivity contribution < 1.29 is 14.3 Å². The third-order valence-corrected chi connectivity index (χ3v) is 5.71. The fourth-order valence-electron chi connectivity index (χ4n) is 1.84. The lowest BCUT2D eigenvalue weighted by atomic mass is 10.1. The van der Waals surface area contributed by atoms with E-state index < -0.39 is 5.91 Å². The van der Waals surface area contributed by atoms with Gasteiger partial charge < -0.3 is 4.74 Å². The number of carbonyl (C=O) groups excluding carboxylic acids is 2. The van der Waals surface area contributed by atoms with Crippen LogP contribution in [0.5, 0.6) is 5.75 Å². The van der Waals surface area contributed by atoms with E-state index in [1.807, 2.05) is 19.1 Å². The highest BCUT2D eigenvalue weighted by Gasteiger charge is 2.10. The lowest BCUT2D eigenvalue weighted by Crippen LogP contribution is -2.49. The maximum Gasteiger partial charge on any atom is 0.276 e. The van der Waals surface area contributed by atoms with Gasteiger partial charge in [0.15, 0.2) is 11.7 Å². The number of amides is 2. The van der Waals surface area contributed by atoms with E-state index in [-0.39, 0.29) is 17.6 Å². The van der Waals surface area contributed by atoms with Crippen molar-refractivity contribution >= 4 is 83.6 Å². The Hall–Kier alpha value is -1.24. The van der Waals surface area contributed by atoms with Crippen molar-refractivity contribution in [3.63, 3.8) is 0 Å². The van der Waals surface area contributed by atoms with Gasteiger partial charge in [-0.25, -0.2) is 0 Å². The van der Waals surface area contributed by atoms with Gasteiger partial charge in [0.25, 0.3) is 11.8 Å². The topological polar surface area (TPSA) is 79.5 Å². The van der Waals surface area contributed by atoms with Gasteiger partial charge in [-0.2, -0.15) is 0 Å². The summed E-state index contributed by atoms with van der Waals surface area (Å²) in [6.45, 7) is 1.74. The Morgan fingerprint density at radius 3 is 2.56 bits per heavy atom. The second-order valence-electron chi connectivity index (χ2n) is 5.28. The van der Waals surface area contributed by atoms with Gasteiger partial charge in [0.1, 0.15) is 5.75 Å². The molecule has 3 N–H and O–H groups in total. The molecule has 0 aliphatic rings. The van der Waals surface area contributed by atoms with Gasteiger partial charge in [-0.05, 0) is 93.6 Å². The molecule has 0 spiro atoms. The molecule has 0 saturated carbocycles. The molecule has 0 saturated heterocycles. The molecule has 0 unspecified atom stereocenters. The summed E-state index contributed by atoms with van der Waals surface area (Å²) in [5.74, 6) is -0.292. The summed E-state index contributed by atoms with van der Waals surface area (Å²) < 4.78 is 7.99. The average Bonchev–Trinajstić information content (AvgIpc) is 2.61. The molecule has 2 aromatic carbocycles. The van der Waals surface area contributed by atoms with E-state index in [2.05, 4.69) is 70.6 Å². The molecule has 0 heterocycles. The maximum atomic E-state index is 12.2. The summed E-state index contributed by atoms with van der Waals surface area (Å²) in [5.41, 5.74) is 6.39. The van der Waals surface area contributed by atoms with Crippen LogP contribution in [0.2, 0.25) is 0 Å². The van der Waals surface area contributed by atoms with Crippen LogP contribution in [0.15, 0.2) is 45.3 Å². The first kappa shape index (κ1) is 22.1. The maximum absolute atomic E-state index is 12.2. The van der Waals surface area contributed by atoms with Crippen molar-refractivity contribution in [1.82, 2.24) is 16.2 Å². The van der Waals surface area contributed by atoms with E-state index in [0.29, 0.717) is 15.8 Å². The molecule has 142 valence electrons. The number of halogens is 3. The third-order valence-electron chi connectivity index (χ3n) is 3.23. The minimum absolute atomic E-state index is 0.0197. The molecular weight excluding hydrogens is 613 g/mol. The second kappa shape index (κ2) is 10.3. The first-order valence-electron chi connectivity index (χ1n) is 7.50. The number of hydrogen-bond acceptors (Lipinski definition) is 4. The Morgan fingerprint density at radius 1 is 1.15 bits per heavy atom. The number of rotatable bonds is 4. The lowest BCUT2D eigenvalue weighted by Gasteiger charge is -2.12. The van der Waals surface area contributed by atoms with E-state index in [1.165, 1.54) is 0 Å². The molecule has 0 aliphatic carbocycles. The number of thiocarbonyl (C=S) groups is 1. The molecule has 0 radical (unpaired) electrons. The van der Waals surface area contributed by atoms with Gasteiger partial charge in [-0.15, -0.1) is 0 Å². The van der Waals surface area contributed by atoms with Gasteiger partial charge in [-0.3, -0.25) is 25.8 Å². The first-order valence-corrected chi connectivity index (χ1v) is 10.6. The third kappa shape index (κ3) is 7.01. The summed E-state index contributed by atoms with van der Waals surface area (Å²) in [5, 5.41) is 2.48. The number of hydrazine groups is 1. The standard InChI is InChI=1S/C17H14Br2IN3O3S/c1-9-2-3-10(6-13(9)20)16(25)21-17(27)23-22-15(24)8-26-14-5-4-11(18)7-12(14)19/h2-7H,8H2,1H3,(H,22,24)(H2,21,23,25,27). The monoisotopic (exact) mass is 625 g/mol. The van der Waals surface area contributed by atoms with Crippen molar-refractivity contribution in [3.05, 3.63) is 60.0 Å². The van der Waals surface area contributed by atoms with Crippen LogP contribution in [0.4, 0.5) is 0 Å². The predicted molar refractivity (Wildman–Crippen MR) is 123 cm³/mol. The van der Waals surface area contributed by atoms with Crippen molar-refractivity contribution in [2.75, 3.05) is 6.61 Å². The average molecular weight is 627 g/mol. The number of benzene rings is 2. The molecule has 0 bridgehead atoms. The van der Waals surface area contributed by atoms with Crippen LogP contribution < -0.4 is 20.9 Å². The summed E-state index contributed by atoms with van der Waals surface area (Å²) >= 11 is 13.8. The van der Waals surface area contributed by atoms with E-state index in [4.69, 9.17) is 17.0 Å². The molecule has 0 fully saturated rings. The summed E-state index contributed by atoms with van der Waals surface area (Å²) in [6, 6.07) is 10.7. The van der Waals surface area contributed by atoms with Crippen LogP contribution in [0.25, 0.3) is 0 Å². The molecule has 0 aliphatic heterocycles. The van der Waals surface area contributed by atoms with E-state index in [1.54, 1.807) is 24.3 Å². The molecule has 0 aromatic heterocycles. The first-order chi connectivity index (χ1) is 12.8. The highest BCUT2D eigenvalue weighted by atomic mass is 127. The van der Waals surface area contributed by atoms with E-state index in [9.17, 15) is 9.59 Å². The van der Waals surface area contributed by atoms with Crippen LogP contribution >= 0.6 is 66.7 Å². The van der Waals surface area contributed by atoms with Crippen LogP contribution in [-0.2, 0) is 4.79 Å². The molecule has 2 aromatic rings. The van der Waals surface area contributed by atoms with Gasteiger partial charge in [0.2, 0.25) is 0 Å². The van der Waals surface area contributed by atoms with Crippen molar-refractivity contribution in [3.8, 4) is 5.75 Å². The van der Waals surface area contributed by atoms with Crippen LogP contribution in [0, 0.1) is 10.5 Å². The Labute approximate surface area is 192 Å². The zero-order chi connectivity index (χ0) is 20.0. The SMILES string of the molecule is Cc1ccc(C(=O)NC(=S)NNC(=O)COc2ccc(Br)cc2Br)cc1I. The number of hydrogen-bond donors (Lipinski definition) is 3. The molecule has 10 heteroatoms. The minimum atomic E-state index is -0.452. The Bertz CT molecular complexity index is 896. The summed E-state index contributed by atoms with van der Waals surface area (Å²) in [4.78, 5) is 24.0. The van der Waals surface area contributed by atoms with Gasteiger partial charge in [-0.1, -0.05) is 22.0 Å². The van der Waals surface area contributed by atoms with Crippen molar-refractivity contribution in [1.29, 1.82) is 0 Å². The van der Waals surface area contributed by atoms with Crippen LogP contribution in [0.1, 0.15) is 15.9 Å². The predicted octanol–water partition coefficient (Wildman–Crippen LogP) is 3.84. The number of aryl methyl sites for hydroxylation is 1. The smallest absolute Gasteiger partial charge is 0.276 e. The van der Waals surface area contributed by atoms with Gasteiger partial charge >= 0.3 is 0 Å². The highest BCUT2D eigenvalue weighted by Crippen LogP contribution is 2.28. The zero-order valence-corrected chi connectivity index (χ0v) is 20.1. The second-order valence-corrected chi connectivity index (χ2v) is 8.62. The molecule has 2 amide bonds. The van der Waals surface area contributed by atoms with Gasteiger partial charge in [0.05, 0.1) is 4.47 Å². The molecule has 2 rings (SSSR count). The minimum Gasteiger partial charge on any atom is -0.483 e. The Balaban J connectivity index is 1.78. The Morgan fingerprint density at radius 2 is 1.89 bits per heavy atom.